The summed E-state index contributed by atoms with van der Waals surface area (Å²) in [7, 11) is 0. The molecule has 0 amide bonds. The normalized spacial score (nSPS) is 10.4. The van der Waals surface area contributed by atoms with Crippen LogP contribution < -0.4 is 4.74 Å². The van der Waals surface area contributed by atoms with E-state index >= 15 is 0 Å². The molecule has 0 N–H and O–H groups in total. The number of ether oxygens (including phenoxy) is 1. The van der Waals surface area contributed by atoms with Crippen LogP contribution in [0, 0.1) is 22.9 Å². The fourth-order valence-electron chi connectivity index (χ4n) is 1.81. The predicted molar refractivity (Wildman–Crippen MR) is 75.9 cm³/mol. The Hall–Kier alpha value is -2.21. The lowest BCUT2D eigenvalue weighted by Crippen LogP contribution is -2.01. The highest BCUT2D eigenvalue weighted by Crippen LogP contribution is 2.22. The number of benzene rings is 1. The quantitative estimate of drug-likeness (QED) is 0.479. The second kappa shape index (κ2) is 6.49. The van der Waals surface area contributed by atoms with Gasteiger partial charge in [-0.05, 0) is 30.7 Å². The van der Waals surface area contributed by atoms with E-state index in [4.69, 9.17) is 16.3 Å². The van der Waals surface area contributed by atoms with Gasteiger partial charge in [0.15, 0.2) is 0 Å². The van der Waals surface area contributed by atoms with Crippen molar-refractivity contribution >= 4 is 17.3 Å². The maximum Gasteiger partial charge on any atom is 0.272 e. The second-order valence-corrected chi connectivity index (χ2v) is 4.66. The SMILES string of the molecule is Cc1ccc(OCc2cc(F)cc([N+](=O)[O-])c2)c(CCl)n1. The zero-order valence-corrected chi connectivity index (χ0v) is 11.9. The van der Waals surface area contributed by atoms with Gasteiger partial charge in [0.25, 0.3) is 5.69 Å². The molecule has 0 saturated heterocycles. The monoisotopic (exact) mass is 310 g/mol. The molecule has 0 bridgehead atoms. The van der Waals surface area contributed by atoms with E-state index in [2.05, 4.69) is 4.98 Å². The molecule has 0 saturated carbocycles. The molecule has 0 unspecified atom stereocenters. The van der Waals surface area contributed by atoms with Crippen molar-refractivity contribution in [1.82, 2.24) is 4.98 Å². The molecule has 1 heterocycles. The van der Waals surface area contributed by atoms with Gasteiger partial charge in [0.1, 0.15) is 18.2 Å². The van der Waals surface area contributed by atoms with Crippen molar-refractivity contribution in [2.45, 2.75) is 19.4 Å². The minimum Gasteiger partial charge on any atom is -0.487 e. The molecule has 7 heteroatoms. The number of halogens is 2. The molecule has 0 radical (unpaired) electrons. The van der Waals surface area contributed by atoms with Crippen molar-refractivity contribution in [2.75, 3.05) is 0 Å². The van der Waals surface area contributed by atoms with Gasteiger partial charge in [-0.15, -0.1) is 11.6 Å². The lowest BCUT2D eigenvalue weighted by Gasteiger charge is -2.10. The molecule has 0 aliphatic rings. The summed E-state index contributed by atoms with van der Waals surface area (Å²) in [5, 5.41) is 10.7. The third kappa shape index (κ3) is 3.88. The lowest BCUT2D eigenvalue weighted by molar-refractivity contribution is -0.385. The van der Waals surface area contributed by atoms with E-state index in [0.717, 1.165) is 11.8 Å². The van der Waals surface area contributed by atoms with Gasteiger partial charge in [0, 0.05) is 11.8 Å². The number of aryl methyl sites for hydroxylation is 1. The van der Waals surface area contributed by atoms with Crippen LogP contribution in [0.3, 0.4) is 0 Å². The molecule has 21 heavy (non-hydrogen) atoms. The van der Waals surface area contributed by atoms with Crippen LogP contribution in [0.4, 0.5) is 10.1 Å². The highest BCUT2D eigenvalue weighted by Gasteiger charge is 2.11. The van der Waals surface area contributed by atoms with Crippen LogP contribution in [0.1, 0.15) is 17.0 Å². The van der Waals surface area contributed by atoms with Crippen molar-refractivity contribution in [3.63, 3.8) is 0 Å². The molecular weight excluding hydrogens is 299 g/mol. The number of hydrogen-bond acceptors (Lipinski definition) is 4. The molecule has 1 aromatic carbocycles. The lowest BCUT2D eigenvalue weighted by atomic mass is 10.2. The van der Waals surface area contributed by atoms with E-state index in [1.165, 1.54) is 12.1 Å². The number of hydrogen-bond donors (Lipinski definition) is 0. The third-order valence-electron chi connectivity index (χ3n) is 2.75. The molecule has 5 nitrogen and oxygen atoms in total. The van der Waals surface area contributed by atoms with E-state index in [9.17, 15) is 14.5 Å². The Kier molecular flexibility index (Phi) is 4.70. The van der Waals surface area contributed by atoms with Crippen LogP contribution >= 0.6 is 11.6 Å². The molecule has 110 valence electrons. The summed E-state index contributed by atoms with van der Waals surface area (Å²) >= 11 is 5.79. The topological polar surface area (TPSA) is 65.3 Å². The first kappa shape index (κ1) is 15.2. The van der Waals surface area contributed by atoms with Crippen molar-refractivity contribution in [3.8, 4) is 5.75 Å². The van der Waals surface area contributed by atoms with Crippen molar-refractivity contribution in [2.24, 2.45) is 0 Å². The third-order valence-corrected chi connectivity index (χ3v) is 3.00. The molecule has 0 atom stereocenters. The van der Waals surface area contributed by atoms with Gasteiger partial charge in [-0.25, -0.2) is 4.39 Å². The Morgan fingerprint density at radius 2 is 2.14 bits per heavy atom. The number of pyridine rings is 1. The average molecular weight is 311 g/mol. The summed E-state index contributed by atoms with van der Waals surface area (Å²) in [4.78, 5) is 14.3. The number of nitro benzene ring substituents is 1. The van der Waals surface area contributed by atoms with Gasteiger partial charge in [-0.1, -0.05) is 0 Å². The molecule has 0 aliphatic carbocycles. The standard InChI is InChI=1S/C14H12ClFN2O3/c1-9-2-3-14(13(7-15)17-9)21-8-10-4-11(16)6-12(5-10)18(19)20/h2-6H,7-8H2,1H3. The van der Waals surface area contributed by atoms with Crippen LogP contribution in [0.5, 0.6) is 5.75 Å². The first-order chi connectivity index (χ1) is 9.99. The molecule has 0 fully saturated rings. The fraction of sp³-hybridized carbons (Fsp3) is 0.214. The molecule has 0 spiro atoms. The number of aromatic nitrogens is 1. The molecule has 1 aromatic heterocycles. The fourth-order valence-corrected chi connectivity index (χ4v) is 2.00. The van der Waals surface area contributed by atoms with E-state index in [1.807, 2.05) is 6.92 Å². The summed E-state index contributed by atoms with van der Waals surface area (Å²) < 4.78 is 18.8. The van der Waals surface area contributed by atoms with Crippen LogP contribution in [0.15, 0.2) is 30.3 Å². The zero-order valence-electron chi connectivity index (χ0n) is 11.2. The Balaban J connectivity index is 2.18. The second-order valence-electron chi connectivity index (χ2n) is 4.39. The summed E-state index contributed by atoms with van der Waals surface area (Å²) in [6, 6.07) is 6.80. The van der Waals surface area contributed by atoms with Crippen LogP contribution in [-0.2, 0) is 12.5 Å². The Bertz CT molecular complexity index is 679. The summed E-state index contributed by atoms with van der Waals surface area (Å²) in [5.74, 6) is -0.0229. The van der Waals surface area contributed by atoms with Gasteiger partial charge in [0.05, 0.1) is 22.6 Å². The summed E-state index contributed by atoms with van der Waals surface area (Å²) in [6.45, 7) is 1.82. The van der Waals surface area contributed by atoms with E-state index in [-0.39, 0.29) is 18.2 Å². The minimum atomic E-state index is -0.678. The Labute approximate surface area is 125 Å². The van der Waals surface area contributed by atoms with Crippen LogP contribution in [-0.4, -0.2) is 9.91 Å². The van der Waals surface area contributed by atoms with E-state index in [0.29, 0.717) is 17.0 Å². The predicted octanol–water partition coefficient (Wildman–Crippen LogP) is 3.76. The first-order valence-electron chi connectivity index (χ1n) is 6.08. The Morgan fingerprint density at radius 1 is 1.38 bits per heavy atom. The highest BCUT2D eigenvalue weighted by atomic mass is 35.5. The maximum atomic E-state index is 13.3. The van der Waals surface area contributed by atoms with Crippen LogP contribution in [0.25, 0.3) is 0 Å². The Morgan fingerprint density at radius 3 is 2.81 bits per heavy atom. The van der Waals surface area contributed by atoms with Gasteiger partial charge in [0.2, 0.25) is 0 Å². The van der Waals surface area contributed by atoms with Crippen molar-refractivity contribution in [3.05, 3.63) is 63.2 Å². The maximum absolute atomic E-state index is 13.3. The van der Waals surface area contributed by atoms with E-state index in [1.54, 1.807) is 12.1 Å². The number of non-ortho nitro benzene ring substituents is 1. The number of alkyl halides is 1. The molecule has 2 rings (SSSR count). The van der Waals surface area contributed by atoms with Crippen molar-refractivity contribution < 1.29 is 14.1 Å². The van der Waals surface area contributed by atoms with Gasteiger partial charge in [-0.2, -0.15) is 0 Å². The van der Waals surface area contributed by atoms with E-state index < -0.39 is 10.7 Å². The molecular formula is C14H12ClFN2O3. The number of rotatable bonds is 5. The van der Waals surface area contributed by atoms with Gasteiger partial charge >= 0.3 is 0 Å². The van der Waals surface area contributed by atoms with Crippen LogP contribution in [0.2, 0.25) is 0 Å². The largest absolute Gasteiger partial charge is 0.487 e. The number of nitro groups is 1. The average Bonchev–Trinajstić information content (AvgIpc) is 2.45. The van der Waals surface area contributed by atoms with Crippen molar-refractivity contribution in [1.29, 1.82) is 0 Å². The van der Waals surface area contributed by atoms with Gasteiger partial charge < -0.3 is 4.74 Å². The van der Waals surface area contributed by atoms with Gasteiger partial charge in [-0.3, -0.25) is 15.1 Å². The zero-order chi connectivity index (χ0) is 15.4. The minimum absolute atomic E-state index is 0.00672. The first-order valence-corrected chi connectivity index (χ1v) is 6.62. The molecule has 2 aromatic rings. The highest BCUT2D eigenvalue weighted by molar-refractivity contribution is 6.17. The number of nitrogens with zero attached hydrogens (tertiary/aromatic N) is 2. The summed E-state index contributed by atoms with van der Waals surface area (Å²) in [5.41, 5.74) is 1.43. The smallest absolute Gasteiger partial charge is 0.272 e. The summed E-state index contributed by atoms with van der Waals surface area (Å²) in [6.07, 6.45) is 0. The molecule has 0 aliphatic heterocycles.